The average molecular weight is 483 g/mol. The first kappa shape index (κ1) is 24.5. The second-order valence-corrected chi connectivity index (χ2v) is 7.88. The number of carbonyl (C=O) groups is 3. The van der Waals surface area contributed by atoms with Gasteiger partial charge in [0.05, 0.1) is 16.7 Å². The Bertz CT molecular complexity index is 1040. The quantitative estimate of drug-likeness (QED) is 0.602. The van der Waals surface area contributed by atoms with Gasteiger partial charge in [-0.05, 0) is 43.2 Å². The first-order valence-electron chi connectivity index (χ1n) is 10.4. The molecule has 3 rings (SSSR count). The van der Waals surface area contributed by atoms with Crippen molar-refractivity contribution >= 4 is 35.3 Å². The molecular formula is C22H22ClF3N4O3. The molecule has 1 fully saturated rings. The van der Waals surface area contributed by atoms with Gasteiger partial charge in [0, 0.05) is 30.9 Å². The van der Waals surface area contributed by atoms with E-state index >= 15 is 0 Å². The van der Waals surface area contributed by atoms with Gasteiger partial charge in [-0.15, -0.1) is 0 Å². The van der Waals surface area contributed by atoms with Gasteiger partial charge in [0.2, 0.25) is 0 Å². The number of nitrogens with zero attached hydrogens (tertiary/aromatic N) is 3. The number of halogens is 4. The minimum absolute atomic E-state index is 0.0357. The number of unbranched alkanes of at least 4 members (excludes halogenated alkanes) is 1. The summed E-state index contributed by atoms with van der Waals surface area (Å²) in [6, 6.07) is 4.96. The number of alkyl halides is 3. The number of hydrogen-bond donors (Lipinski definition) is 1. The van der Waals surface area contributed by atoms with Crippen LogP contribution in [0.1, 0.15) is 52.5 Å². The number of imide groups is 1. The summed E-state index contributed by atoms with van der Waals surface area (Å²) in [5.74, 6) is -1.18. The molecule has 33 heavy (non-hydrogen) atoms. The van der Waals surface area contributed by atoms with Gasteiger partial charge in [-0.25, -0.2) is 9.78 Å². The molecule has 4 amide bonds. The number of amides is 4. The number of nitrogens with one attached hydrogen (secondary N) is 1. The number of aromatic nitrogens is 1. The van der Waals surface area contributed by atoms with E-state index in [-0.39, 0.29) is 29.8 Å². The Kier molecular flexibility index (Phi) is 7.57. The van der Waals surface area contributed by atoms with Gasteiger partial charge in [-0.1, -0.05) is 24.9 Å². The fourth-order valence-electron chi connectivity index (χ4n) is 3.37. The summed E-state index contributed by atoms with van der Waals surface area (Å²) < 4.78 is 40.3. The van der Waals surface area contributed by atoms with Crippen LogP contribution in [0.25, 0.3) is 0 Å². The van der Waals surface area contributed by atoms with Crippen molar-refractivity contribution in [2.24, 2.45) is 0 Å². The van der Waals surface area contributed by atoms with Gasteiger partial charge in [-0.2, -0.15) is 13.2 Å². The summed E-state index contributed by atoms with van der Waals surface area (Å²) >= 11 is 5.68. The van der Waals surface area contributed by atoms with E-state index < -0.39 is 29.2 Å². The number of hydrogen-bond acceptors (Lipinski definition) is 4. The molecule has 11 heteroatoms. The van der Waals surface area contributed by atoms with Crippen LogP contribution in [-0.4, -0.2) is 47.4 Å². The first-order chi connectivity index (χ1) is 15.6. The topological polar surface area (TPSA) is 82.6 Å². The van der Waals surface area contributed by atoms with Gasteiger partial charge in [0.25, 0.3) is 11.8 Å². The van der Waals surface area contributed by atoms with Crippen LogP contribution in [-0.2, 0) is 6.18 Å². The molecule has 7 nitrogen and oxygen atoms in total. The Morgan fingerprint density at radius 1 is 1.18 bits per heavy atom. The number of carbonyl (C=O) groups excluding carboxylic acids is 3. The van der Waals surface area contributed by atoms with Crippen molar-refractivity contribution in [1.29, 1.82) is 0 Å². The Morgan fingerprint density at radius 2 is 1.94 bits per heavy atom. The molecule has 1 saturated heterocycles. The third-order valence-electron chi connectivity index (χ3n) is 5.09. The average Bonchev–Trinajstić information content (AvgIpc) is 2.78. The number of benzene rings is 1. The highest BCUT2D eigenvalue weighted by Gasteiger charge is 2.39. The molecule has 1 aromatic heterocycles. The molecule has 0 bridgehead atoms. The van der Waals surface area contributed by atoms with Crippen LogP contribution in [0.2, 0.25) is 5.02 Å². The summed E-state index contributed by atoms with van der Waals surface area (Å²) in [7, 11) is 0. The third-order valence-corrected chi connectivity index (χ3v) is 5.33. The van der Waals surface area contributed by atoms with Crippen LogP contribution in [0, 0.1) is 0 Å². The Hall–Kier alpha value is -3.14. The lowest BCUT2D eigenvalue weighted by atomic mass is 10.1. The van der Waals surface area contributed by atoms with Gasteiger partial charge in [-0.3, -0.25) is 19.4 Å². The van der Waals surface area contributed by atoms with E-state index in [2.05, 4.69) is 10.3 Å². The van der Waals surface area contributed by atoms with Crippen LogP contribution >= 0.6 is 11.6 Å². The second-order valence-electron chi connectivity index (χ2n) is 7.45. The minimum Gasteiger partial charge on any atom is -0.352 e. The van der Waals surface area contributed by atoms with E-state index in [0.29, 0.717) is 24.6 Å². The van der Waals surface area contributed by atoms with Crippen molar-refractivity contribution in [2.45, 2.75) is 32.4 Å². The molecular weight excluding hydrogens is 461 g/mol. The van der Waals surface area contributed by atoms with E-state index in [9.17, 15) is 27.6 Å². The monoisotopic (exact) mass is 482 g/mol. The molecule has 2 aromatic rings. The van der Waals surface area contributed by atoms with Gasteiger partial charge in [0.15, 0.2) is 0 Å². The zero-order valence-electron chi connectivity index (χ0n) is 17.8. The van der Waals surface area contributed by atoms with Crippen LogP contribution in [0.15, 0.2) is 36.5 Å². The maximum absolute atomic E-state index is 13.4. The number of anilines is 1. The SMILES string of the molecule is CCCCNC(=O)c1ccc(N2CCCN(C(=O)c3ccc(Cl)cc3C(F)(F)F)C2=O)nc1. The van der Waals surface area contributed by atoms with Crippen molar-refractivity contribution in [2.75, 3.05) is 24.5 Å². The van der Waals surface area contributed by atoms with Crippen LogP contribution in [0.4, 0.5) is 23.8 Å². The van der Waals surface area contributed by atoms with Crippen molar-refractivity contribution in [3.8, 4) is 0 Å². The highest BCUT2D eigenvalue weighted by atomic mass is 35.5. The van der Waals surface area contributed by atoms with E-state index in [1.54, 1.807) is 0 Å². The van der Waals surface area contributed by atoms with Crippen molar-refractivity contribution < 1.29 is 27.6 Å². The molecule has 1 aliphatic rings. The smallest absolute Gasteiger partial charge is 0.352 e. The molecule has 1 aliphatic heterocycles. The zero-order valence-corrected chi connectivity index (χ0v) is 18.5. The standard InChI is InChI=1S/C22H22ClF3N4O3/c1-2-3-9-27-19(31)14-5-8-18(28-13-14)29-10-4-11-30(21(29)33)20(32)16-7-6-15(23)12-17(16)22(24,25)26/h5-8,12-13H,2-4,9-11H2,1H3,(H,27,31). The minimum atomic E-state index is -4.82. The maximum Gasteiger partial charge on any atom is 0.417 e. The Labute approximate surface area is 193 Å². The van der Waals surface area contributed by atoms with Gasteiger partial charge >= 0.3 is 12.2 Å². The highest BCUT2D eigenvalue weighted by molar-refractivity contribution is 6.30. The van der Waals surface area contributed by atoms with Crippen molar-refractivity contribution in [1.82, 2.24) is 15.2 Å². The first-order valence-corrected chi connectivity index (χ1v) is 10.8. The van der Waals surface area contributed by atoms with E-state index in [0.717, 1.165) is 23.8 Å². The second kappa shape index (κ2) is 10.2. The number of urea groups is 1. The molecule has 2 heterocycles. The lowest BCUT2D eigenvalue weighted by molar-refractivity contribution is -0.138. The molecule has 0 aliphatic carbocycles. The van der Waals surface area contributed by atoms with Crippen molar-refractivity contribution in [3.63, 3.8) is 0 Å². The van der Waals surface area contributed by atoms with Crippen LogP contribution in [0.3, 0.4) is 0 Å². The molecule has 0 saturated carbocycles. The molecule has 0 unspecified atom stereocenters. The highest BCUT2D eigenvalue weighted by Crippen LogP contribution is 2.35. The summed E-state index contributed by atoms with van der Waals surface area (Å²) in [5.41, 5.74) is -1.56. The molecule has 0 atom stereocenters. The Balaban J connectivity index is 1.79. The number of rotatable bonds is 6. The molecule has 176 valence electrons. The maximum atomic E-state index is 13.4. The normalized spacial score (nSPS) is 14.4. The predicted molar refractivity (Wildman–Crippen MR) is 116 cm³/mol. The summed E-state index contributed by atoms with van der Waals surface area (Å²) in [4.78, 5) is 44.1. The lowest BCUT2D eigenvalue weighted by Gasteiger charge is -2.34. The zero-order chi connectivity index (χ0) is 24.2. The van der Waals surface area contributed by atoms with Gasteiger partial charge in [0.1, 0.15) is 5.82 Å². The Morgan fingerprint density at radius 3 is 2.58 bits per heavy atom. The predicted octanol–water partition coefficient (Wildman–Crippen LogP) is 4.76. The number of pyridine rings is 1. The summed E-state index contributed by atoms with van der Waals surface area (Å²) in [6.07, 6.45) is -1.39. The fourth-order valence-corrected chi connectivity index (χ4v) is 3.54. The summed E-state index contributed by atoms with van der Waals surface area (Å²) in [6.45, 7) is 2.73. The van der Waals surface area contributed by atoms with E-state index in [4.69, 9.17) is 11.6 Å². The molecule has 0 radical (unpaired) electrons. The molecule has 0 spiro atoms. The third kappa shape index (κ3) is 5.62. The van der Waals surface area contributed by atoms with Crippen LogP contribution in [0.5, 0.6) is 0 Å². The lowest BCUT2D eigenvalue weighted by Crippen LogP contribution is -2.52. The molecule has 1 N–H and O–H groups in total. The fraction of sp³-hybridized carbons (Fsp3) is 0.364. The van der Waals surface area contributed by atoms with Crippen molar-refractivity contribution in [3.05, 3.63) is 58.2 Å². The summed E-state index contributed by atoms with van der Waals surface area (Å²) in [5, 5.41) is 2.58. The van der Waals surface area contributed by atoms with E-state index in [1.165, 1.54) is 29.3 Å². The van der Waals surface area contributed by atoms with E-state index in [1.807, 2.05) is 6.92 Å². The largest absolute Gasteiger partial charge is 0.417 e. The molecule has 1 aromatic carbocycles. The van der Waals surface area contributed by atoms with Crippen LogP contribution < -0.4 is 10.2 Å². The van der Waals surface area contributed by atoms with Gasteiger partial charge < -0.3 is 5.32 Å².